The van der Waals surface area contributed by atoms with Crippen LogP contribution in [-0.4, -0.2) is 41.6 Å². The van der Waals surface area contributed by atoms with E-state index in [1.54, 1.807) is 4.68 Å². The fourth-order valence-corrected chi connectivity index (χ4v) is 2.73. The van der Waals surface area contributed by atoms with Crippen LogP contribution in [0.4, 0.5) is 0 Å². The second-order valence-corrected chi connectivity index (χ2v) is 11.7. The highest BCUT2D eigenvalue weighted by Crippen LogP contribution is 2.12. The molecule has 0 aliphatic rings. The molecule has 0 radical (unpaired) electrons. The zero-order valence-corrected chi connectivity index (χ0v) is 13.2. The summed E-state index contributed by atoms with van der Waals surface area (Å²) < 4.78 is 7.34. The van der Waals surface area contributed by atoms with Gasteiger partial charge in [0, 0.05) is 20.1 Å². The molecular weight excluding hydrogens is 271 g/mol. The Morgan fingerprint density at radius 2 is 1.95 bits per heavy atom. The molecule has 20 heavy (non-hydrogen) atoms. The van der Waals surface area contributed by atoms with Crippen LogP contribution in [0.25, 0.3) is 10.9 Å². The Labute approximate surface area is 120 Å². The summed E-state index contributed by atoms with van der Waals surface area (Å²) in [6.45, 7) is 7.96. The monoisotopic (exact) mass is 292 g/mol. The van der Waals surface area contributed by atoms with Crippen LogP contribution in [0.3, 0.4) is 0 Å². The van der Waals surface area contributed by atoms with E-state index in [0.29, 0.717) is 13.3 Å². The molecule has 0 bridgehead atoms. The van der Waals surface area contributed by atoms with Gasteiger partial charge < -0.3 is 14.8 Å². The number of nitrogens with zero attached hydrogens (tertiary/aromatic N) is 2. The molecule has 0 atom stereocenters. The molecule has 1 aromatic carbocycles. The maximum atomic E-state index is 9.36. The molecule has 108 valence electrons. The van der Waals surface area contributed by atoms with Gasteiger partial charge in [-0.1, -0.05) is 37.8 Å². The van der Waals surface area contributed by atoms with Crippen LogP contribution in [0.2, 0.25) is 25.7 Å². The molecule has 0 unspecified atom stereocenters. The first-order chi connectivity index (χ1) is 9.38. The lowest BCUT2D eigenvalue weighted by molar-refractivity contribution is 0.0819. The molecule has 0 saturated carbocycles. The largest absolute Gasteiger partial charge is 0.510 e. The third-order valence-corrected chi connectivity index (χ3v) is 4.85. The predicted octanol–water partition coefficient (Wildman–Crippen LogP) is 1.03. The summed E-state index contributed by atoms with van der Waals surface area (Å²) in [5.74, 6) is 0. The number of aromatic nitrogens is 2. The summed E-state index contributed by atoms with van der Waals surface area (Å²) in [6.07, 6.45) is 0. The van der Waals surface area contributed by atoms with E-state index in [9.17, 15) is 10.0 Å². The summed E-state index contributed by atoms with van der Waals surface area (Å²) in [4.78, 5) is 0. The van der Waals surface area contributed by atoms with E-state index in [2.05, 4.69) is 24.7 Å². The molecule has 0 saturated heterocycles. The van der Waals surface area contributed by atoms with Crippen molar-refractivity contribution in [2.45, 2.75) is 32.4 Å². The Bertz CT molecular complexity index is 580. The first-order valence-electron chi connectivity index (χ1n) is 6.78. The summed E-state index contributed by atoms with van der Waals surface area (Å²) in [5.41, 5.74) is 1.12. The summed E-state index contributed by atoms with van der Waals surface area (Å²) in [5, 5.41) is 23.7. The van der Waals surface area contributed by atoms with Gasteiger partial charge in [-0.05, 0) is 12.1 Å². The van der Waals surface area contributed by atoms with Crippen molar-refractivity contribution < 1.29 is 14.8 Å². The van der Waals surface area contributed by atoms with E-state index < -0.39 is 15.2 Å². The Morgan fingerprint density at radius 3 is 2.60 bits per heavy atom. The van der Waals surface area contributed by atoms with Gasteiger partial charge in [0.25, 0.3) is 0 Å². The number of hydrogen-bond donors (Lipinski definition) is 2. The van der Waals surface area contributed by atoms with Crippen LogP contribution in [0.15, 0.2) is 24.3 Å². The van der Waals surface area contributed by atoms with E-state index in [-0.39, 0.29) is 5.59 Å². The number of hydrogen-bond acceptors (Lipinski definition) is 4. The molecule has 0 fully saturated rings. The van der Waals surface area contributed by atoms with Crippen molar-refractivity contribution in [2.24, 2.45) is 0 Å². The minimum absolute atomic E-state index is 0.273. The van der Waals surface area contributed by atoms with E-state index in [4.69, 9.17) is 4.74 Å². The zero-order valence-electron chi connectivity index (χ0n) is 12.2. The average molecular weight is 292 g/mol. The zero-order chi connectivity index (χ0) is 14.8. The standard InChI is InChI=1S/C13H21BN2O3Si/c1-20(2,3)9-8-19-10-16-12-7-5-4-6-11(12)13(15-16)14(17)18/h4-7,17-18H,8-10H2,1-3H3. The van der Waals surface area contributed by atoms with Gasteiger partial charge in [-0.15, -0.1) is 0 Å². The van der Waals surface area contributed by atoms with Crippen molar-refractivity contribution in [3.05, 3.63) is 24.3 Å². The SMILES string of the molecule is C[Si](C)(C)CCOCn1nc(B(O)O)c2ccccc21. The highest BCUT2D eigenvalue weighted by molar-refractivity contribution is 6.76. The van der Waals surface area contributed by atoms with E-state index in [1.165, 1.54) is 0 Å². The normalized spacial score (nSPS) is 12.1. The van der Waals surface area contributed by atoms with Crippen molar-refractivity contribution in [1.82, 2.24) is 9.78 Å². The fourth-order valence-electron chi connectivity index (χ4n) is 1.97. The Hall–Kier alpha value is -1.15. The van der Waals surface area contributed by atoms with Gasteiger partial charge in [0.15, 0.2) is 0 Å². The molecule has 1 heterocycles. The lowest BCUT2D eigenvalue weighted by Gasteiger charge is -2.15. The second-order valence-electron chi connectivity index (χ2n) is 6.12. The fraction of sp³-hybridized carbons (Fsp3) is 0.462. The number of benzene rings is 1. The third-order valence-electron chi connectivity index (χ3n) is 3.14. The van der Waals surface area contributed by atoms with Crippen LogP contribution in [-0.2, 0) is 11.5 Å². The number of ether oxygens (including phenoxy) is 1. The van der Waals surface area contributed by atoms with Crippen molar-refractivity contribution in [1.29, 1.82) is 0 Å². The molecule has 1 aromatic heterocycles. The van der Waals surface area contributed by atoms with Gasteiger partial charge in [-0.25, -0.2) is 4.68 Å². The topological polar surface area (TPSA) is 67.5 Å². The van der Waals surface area contributed by atoms with Crippen molar-refractivity contribution >= 4 is 31.7 Å². The molecule has 7 heteroatoms. The minimum Gasteiger partial charge on any atom is -0.422 e. The molecule has 2 aromatic rings. The molecule has 0 amide bonds. The predicted molar refractivity (Wildman–Crippen MR) is 83.7 cm³/mol. The van der Waals surface area contributed by atoms with E-state index in [0.717, 1.165) is 16.9 Å². The maximum Gasteiger partial charge on any atom is 0.510 e. The summed E-state index contributed by atoms with van der Waals surface area (Å²) in [6, 6.07) is 8.58. The Balaban J connectivity index is 2.10. The quantitative estimate of drug-likeness (QED) is 0.616. The first-order valence-corrected chi connectivity index (χ1v) is 10.5. The molecule has 2 N–H and O–H groups in total. The van der Waals surface area contributed by atoms with Crippen LogP contribution in [0.1, 0.15) is 0 Å². The highest BCUT2D eigenvalue weighted by atomic mass is 28.3. The van der Waals surface area contributed by atoms with Crippen molar-refractivity contribution in [2.75, 3.05) is 6.61 Å². The first kappa shape index (κ1) is 15.2. The van der Waals surface area contributed by atoms with Crippen LogP contribution < -0.4 is 5.59 Å². The molecule has 0 aliphatic carbocycles. The maximum absolute atomic E-state index is 9.36. The second kappa shape index (κ2) is 6.09. The summed E-state index contributed by atoms with van der Waals surface area (Å²) in [7, 11) is -2.66. The number of rotatable bonds is 6. The van der Waals surface area contributed by atoms with Gasteiger partial charge >= 0.3 is 7.12 Å². The lowest BCUT2D eigenvalue weighted by atomic mass is 9.84. The number of para-hydroxylation sites is 1. The smallest absolute Gasteiger partial charge is 0.422 e. The Morgan fingerprint density at radius 1 is 1.25 bits per heavy atom. The molecule has 0 spiro atoms. The highest BCUT2D eigenvalue weighted by Gasteiger charge is 2.20. The Kier molecular flexibility index (Phi) is 4.64. The van der Waals surface area contributed by atoms with Gasteiger partial charge in [-0.3, -0.25) is 0 Å². The van der Waals surface area contributed by atoms with Crippen molar-refractivity contribution in [3.8, 4) is 0 Å². The molecule has 5 nitrogen and oxygen atoms in total. The lowest BCUT2D eigenvalue weighted by Crippen LogP contribution is -2.32. The molecule has 0 aliphatic heterocycles. The molecule has 2 rings (SSSR count). The minimum atomic E-state index is -1.57. The average Bonchev–Trinajstić information content (AvgIpc) is 2.73. The van der Waals surface area contributed by atoms with E-state index in [1.807, 2.05) is 24.3 Å². The summed E-state index contributed by atoms with van der Waals surface area (Å²) >= 11 is 0. The van der Waals surface area contributed by atoms with Crippen molar-refractivity contribution in [3.63, 3.8) is 0 Å². The van der Waals surface area contributed by atoms with Crippen LogP contribution >= 0.6 is 0 Å². The van der Waals surface area contributed by atoms with Crippen LogP contribution in [0.5, 0.6) is 0 Å². The molecular formula is C13H21BN2O3Si. The third kappa shape index (κ3) is 3.70. The van der Waals surface area contributed by atoms with Gasteiger partial charge in [0.05, 0.1) is 5.52 Å². The van der Waals surface area contributed by atoms with Gasteiger partial charge in [0.1, 0.15) is 12.3 Å². The van der Waals surface area contributed by atoms with Crippen LogP contribution in [0, 0.1) is 0 Å². The van der Waals surface area contributed by atoms with Gasteiger partial charge in [-0.2, -0.15) is 5.10 Å². The number of fused-ring (bicyclic) bond motifs is 1. The van der Waals surface area contributed by atoms with E-state index >= 15 is 0 Å². The van der Waals surface area contributed by atoms with Gasteiger partial charge in [0.2, 0.25) is 0 Å².